The largest absolute Gasteiger partial charge is 0.466 e. The Bertz CT molecular complexity index is 954. The number of aryl methyl sites for hydroxylation is 1. The number of thiazole rings is 1. The van der Waals surface area contributed by atoms with Crippen LogP contribution in [0, 0.1) is 12.8 Å². The van der Waals surface area contributed by atoms with Gasteiger partial charge in [0.2, 0.25) is 5.91 Å². The van der Waals surface area contributed by atoms with Crippen LogP contribution in [0.5, 0.6) is 0 Å². The maximum absolute atomic E-state index is 12.7. The molecule has 2 aromatic rings. The predicted molar refractivity (Wildman–Crippen MR) is 108 cm³/mol. The van der Waals surface area contributed by atoms with Gasteiger partial charge in [0.05, 0.1) is 24.6 Å². The predicted octanol–water partition coefficient (Wildman–Crippen LogP) is 2.04. The van der Waals surface area contributed by atoms with Gasteiger partial charge in [-0.2, -0.15) is 0 Å². The first-order valence-corrected chi connectivity index (χ1v) is 10.9. The minimum atomic E-state index is -0.359. The van der Waals surface area contributed by atoms with E-state index in [0.29, 0.717) is 46.9 Å². The molecule has 3 heterocycles. The number of rotatable bonds is 6. The SMILES string of the molecule is CCOC(=O)Cc1csc(NC(=O)C2CSc3nc(C)c(CC)c(=O)n3C2)n1. The molecule has 1 aliphatic rings. The molecule has 0 spiro atoms. The number of aromatic nitrogens is 3. The van der Waals surface area contributed by atoms with Crippen molar-refractivity contribution in [3.63, 3.8) is 0 Å². The van der Waals surface area contributed by atoms with Gasteiger partial charge >= 0.3 is 5.97 Å². The highest BCUT2D eigenvalue weighted by molar-refractivity contribution is 7.99. The van der Waals surface area contributed by atoms with Crippen molar-refractivity contribution in [2.24, 2.45) is 5.92 Å². The van der Waals surface area contributed by atoms with E-state index in [-0.39, 0.29) is 29.8 Å². The van der Waals surface area contributed by atoms with Crippen LogP contribution >= 0.6 is 23.1 Å². The van der Waals surface area contributed by atoms with Gasteiger partial charge in [0.15, 0.2) is 10.3 Å². The molecule has 3 rings (SSSR count). The Balaban J connectivity index is 1.68. The summed E-state index contributed by atoms with van der Waals surface area (Å²) < 4.78 is 6.50. The Hall–Kier alpha value is -2.20. The molecule has 0 fully saturated rings. The summed E-state index contributed by atoms with van der Waals surface area (Å²) in [6.45, 7) is 6.14. The number of carbonyl (C=O) groups excluding carboxylic acids is 2. The van der Waals surface area contributed by atoms with Crippen LogP contribution in [0.2, 0.25) is 0 Å². The summed E-state index contributed by atoms with van der Waals surface area (Å²) in [5, 5.41) is 5.61. The van der Waals surface area contributed by atoms with Gasteiger partial charge in [-0.1, -0.05) is 18.7 Å². The zero-order valence-electron chi connectivity index (χ0n) is 16.0. The van der Waals surface area contributed by atoms with Gasteiger partial charge in [-0.25, -0.2) is 9.97 Å². The minimum Gasteiger partial charge on any atom is -0.466 e. The molecule has 1 atom stereocenters. The molecule has 150 valence electrons. The second kappa shape index (κ2) is 8.87. The number of thioether (sulfide) groups is 1. The summed E-state index contributed by atoms with van der Waals surface area (Å²) in [6.07, 6.45) is 0.689. The highest BCUT2D eigenvalue weighted by Crippen LogP contribution is 2.27. The van der Waals surface area contributed by atoms with Crippen LogP contribution in [-0.4, -0.2) is 38.8 Å². The van der Waals surface area contributed by atoms with Crippen LogP contribution in [0.1, 0.15) is 30.8 Å². The summed E-state index contributed by atoms with van der Waals surface area (Å²) >= 11 is 2.68. The molecular weight excluding hydrogens is 400 g/mol. The van der Waals surface area contributed by atoms with E-state index in [1.807, 2.05) is 13.8 Å². The topological polar surface area (TPSA) is 103 Å². The molecule has 0 aromatic carbocycles. The zero-order valence-corrected chi connectivity index (χ0v) is 17.6. The molecule has 0 saturated heterocycles. The van der Waals surface area contributed by atoms with E-state index in [4.69, 9.17) is 4.74 Å². The fourth-order valence-electron chi connectivity index (χ4n) is 2.97. The summed E-state index contributed by atoms with van der Waals surface area (Å²) in [5.74, 6) is -0.355. The quantitative estimate of drug-likeness (QED) is 0.561. The van der Waals surface area contributed by atoms with E-state index in [1.54, 1.807) is 16.9 Å². The summed E-state index contributed by atoms with van der Waals surface area (Å²) in [7, 11) is 0. The lowest BCUT2D eigenvalue weighted by atomic mass is 10.1. The van der Waals surface area contributed by atoms with E-state index >= 15 is 0 Å². The first-order valence-electron chi connectivity index (χ1n) is 9.06. The first-order chi connectivity index (χ1) is 13.4. The molecule has 0 saturated carbocycles. The van der Waals surface area contributed by atoms with Crippen molar-refractivity contribution in [1.82, 2.24) is 14.5 Å². The van der Waals surface area contributed by atoms with E-state index < -0.39 is 0 Å². The maximum Gasteiger partial charge on any atom is 0.311 e. The highest BCUT2D eigenvalue weighted by atomic mass is 32.2. The summed E-state index contributed by atoms with van der Waals surface area (Å²) in [4.78, 5) is 45.6. The Labute approximate surface area is 170 Å². The first kappa shape index (κ1) is 20.5. The van der Waals surface area contributed by atoms with Crippen LogP contribution in [0.4, 0.5) is 5.13 Å². The molecule has 8 nitrogen and oxygen atoms in total. The van der Waals surface area contributed by atoms with Crippen LogP contribution in [0.25, 0.3) is 0 Å². The number of hydrogen-bond donors (Lipinski definition) is 1. The van der Waals surface area contributed by atoms with Gasteiger partial charge in [-0.05, 0) is 20.3 Å². The fourth-order valence-corrected chi connectivity index (χ4v) is 4.81. The number of anilines is 1. The van der Waals surface area contributed by atoms with Crippen molar-refractivity contribution in [2.75, 3.05) is 17.7 Å². The third kappa shape index (κ3) is 4.44. The van der Waals surface area contributed by atoms with E-state index in [0.717, 1.165) is 5.69 Å². The van der Waals surface area contributed by atoms with Gasteiger partial charge in [-0.15, -0.1) is 11.3 Å². The van der Waals surface area contributed by atoms with Crippen molar-refractivity contribution in [1.29, 1.82) is 0 Å². The molecule has 1 unspecified atom stereocenters. The van der Waals surface area contributed by atoms with Crippen LogP contribution < -0.4 is 10.9 Å². The Morgan fingerprint density at radius 1 is 1.36 bits per heavy atom. The Morgan fingerprint density at radius 3 is 2.86 bits per heavy atom. The molecule has 1 N–H and O–H groups in total. The van der Waals surface area contributed by atoms with Gasteiger partial charge < -0.3 is 10.1 Å². The second-order valence-electron chi connectivity index (χ2n) is 6.35. The average molecular weight is 423 g/mol. The molecule has 1 amide bonds. The second-order valence-corrected chi connectivity index (χ2v) is 8.20. The van der Waals surface area contributed by atoms with Crippen LogP contribution in [-0.2, 0) is 33.7 Å². The molecular formula is C18H22N4O4S2. The summed E-state index contributed by atoms with van der Waals surface area (Å²) in [6, 6.07) is 0. The van der Waals surface area contributed by atoms with Crippen molar-refractivity contribution in [3.8, 4) is 0 Å². The van der Waals surface area contributed by atoms with Crippen molar-refractivity contribution in [2.45, 2.75) is 45.3 Å². The monoisotopic (exact) mass is 422 g/mol. The number of nitrogens with one attached hydrogen (secondary N) is 1. The number of esters is 1. The van der Waals surface area contributed by atoms with Gasteiger partial charge in [0, 0.05) is 28.9 Å². The van der Waals surface area contributed by atoms with E-state index in [9.17, 15) is 14.4 Å². The average Bonchev–Trinajstić information content (AvgIpc) is 3.08. The minimum absolute atomic E-state index is 0.0685. The smallest absolute Gasteiger partial charge is 0.311 e. The number of ether oxygens (including phenoxy) is 1. The molecule has 0 aliphatic carbocycles. The molecule has 0 bridgehead atoms. The molecule has 2 aromatic heterocycles. The number of hydrogen-bond acceptors (Lipinski definition) is 8. The van der Waals surface area contributed by atoms with Crippen molar-refractivity contribution < 1.29 is 14.3 Å². The lowest BCUT2D eigenvalue weighted by Crippen LogP contribution is -2.38. The van der Waals surface area contributed by atoms with Gasteiger partial charge in [0.1, 0.15) is 0 Å². The lowest BCUT2D eigenvalue weighted by molar-refractivity contribution is -0.142. The molecule has 10 heteroatoms. The number of fused-ring (bicyclic) bond motifs is 1. The van der Waals surface area contributed by atoms with E-state index in [1.165, 1.54) is 23.1 Å². The lowest BCUT2D eigenvalue weighted by Gasteiger charge is -2.24. The number of carbonyl (C=O) groups is 2. The fraction of sp³-hybridized carbons (Fsp3) is 0.500. The molecule has 1 aliphatic heterocycles. The van der Waals surface area contributed by atoms with Crippen LogP contribution in [0.3, 0.4) is 0 Å². The molecule has 28 heavy (non-hydrogen) atoms. The number of nitrogens with zero attached hydrogens (tertiary/aromatic N) is 3. The van der Waals surface area contributed by atoms with Gasteiger partial charge in [-0.3, -0.25) is 19.0 Å². The van der Waals surface area contributed by atoms with Crippen molar-refractivity contribution in [3.05, 3.63) is 32.7 Å². The highest BCUT2D eigenvalue weighted by Gasteiger charge is 2.28. The standard InChI is InChI=1S/C18H22N4O4S2/c1-4-13-10(3)19-18-22(16(13)25)7-11(8-28-18)15(24)21-17-20-12(9-27-17)6-14(23)26-5-2/h9,11H,4-8H2,1-3H3,(H,20,21,24). The summed E-state index contributed by atoms with van der Waals surface area (Å²) in [5.41, 5.74) is 1.94. The van der Waals surface area contributed by atoms with Gasteiger partial charge in [0.25, 0.3) is 5.56 Å². The number of amides is 1. The normalized spacial score (nSPS) is 15.8. The zero-order chi connectivity index (χ0) is 20.3. The van der Waals surface area contributed by atoms with E-state index in [2.05, 4.69) is 15.3 Å². The third-order valence-corrected chi connectivity index (χ3v) is 6.33. The Kier molecular flexibility index (Phi) is 6.50. The maximum atomic E-state index is 12.7. The third-order valence-electron chi connectivity index (χ3n) is 4.39. The van der Waals surface area contributed by atoms with Crippen LogP contribution in [0.15, 0.2) is 15.3 Å². The van der Waals surface area contributed by atoms with Crippen molar-refractivity contribution >= 4 is 40.1 Å². The molecule has 0 radical (unpaired) electrons. The Morgan fingerprint density at radius 2 is 2.14 bits per heavy atom.